The van der Waals surface area contributed by atoms with Gasteiger partial charge in [0, 0.05) is 13.1 Å². The number of benzene rings is 1. The van der Waals surface area contributed by atoms with Gasteiger partial charge < -0.3 is 15.3 Å². The molecule has 2 N–H and O–H groups in total. The molecular weight excluding hydrogens is 280 g/mol. The van der Waals surface area contributed by atoms with Crippen LogP contribution in [0.25, 0.3) is 0 Å². The van der Waals surface area contributed by atoms with Crippen LogP contribution in [0.3, 0.4) is 0 Å². The van der Waals surface area contributed by atoms with Crippen molar-refractivity contribution >= 4 is 29.3 Å². The number of carbonyl (C=O) groups excluding carboxylic acids is 1. The number of carboxylic acids is 1. The van der Waals surface area contributed by atoms with Crippen LogP contribution >= 0.6 is 11.6 Å². The Morgan fingerprint density at radius 1 is 1.40 bits per heavy atom. The van der Waals surface area contributed by atoms with Crippen LogP contribution in [0.5, 0.6) is 0 Å². The lowest BCUT2D eigenvalue weighted by molar-refractivity contribution is 0.0698. The van der Waals surface area contributed by atoms with Gasteiger partial charge in [-0.25, -0.2) is 9.59 Å². The molecule has 20 heavy (non-hydrogen) atoms. The maximum absolute atomic E-state index is 12.2. The number of halogens is 1. The normalized spacial score (nSPS) is 17.1. The Kier molecular flexibility index (Phi) is 3.90. The molecule has 5 nitrogen and oxygen atoms in total. The molecule has 1 aliphatic heterocycles. The number of nitrogens with zero attached hydrogens (tertiary/aromatic N) is 1. The smallest absolute Gasteiger partial charge is 0.339 e. The highest BCUT2D eigenvalue weighted by molar-refractivity contribution is 6.34. The van der Waals surface area contributed by atoms with Crippen LogP contribution in [-0.2, 0) is 0 Å². The summed E-state index contributed by atoms with van der Waals surface area (Å²) in [4.78, 5) is 25.1. The van der Waals surface area contributed by atoms with Gasteiger partial charge in [0.1, 0.15) is 5.56 Å². The maximum atomic E-state index is 12.2. The van der Waals surface area contributed by atoms with E-state index in [9.17, 15) is 9.59 Å². The van der Waals surface area contributed by atoms with Crippen molar-refractivity contribution in [2.24, 2.45) is 5.41 Å². The van der Waals surface area contributed by atoms with Gasteiger partial charge in [-0.3, -0.25) is 0 Å². The minimum atomic E-state index is -1.16. The van der Waals surface area contributed by atoms with Crippen LogP contribution in [-0.4, -0.2) is 35.1 Å². The Bertz CT molecular complexity index is 557. The van der Waals surface area contributed by atoms with Gasteiger partial charge in [0.2, 0.25) is 0 Å². The topological polar surface area (TPSA) is 69.6 Å². The fourth-order valence-electron chi connectivity index (χ4n) is 2.33. The molecule has 0 atom stereocenters. The number of amides is 2. The minimum absolute atomic E-state index is 0.0824. The number of nitrogens with one attached hydrogen (secondary N) is 1. The molecule has 108 valence electrons. The fraction of sp³-hybridized carbons (Fsp3) is 0.429. The van der Waals surface area contributed by atoms with Crippen molar-refractivity contribution in [2.75, 3.05) is 18.4 Å². The van der Waals surface area contributed by atoms with Crippen molar-refractivity contribution in [1.82, 2.24) is 4.90 Å². The van der Waals surface area contributed by atoms with E-state index in [0.717, 1.165) is 6.42 Å². The largest absolute Gasteiger partial charge is 0.478 e. The average molecular weight is 297 g/mol. The summed E-state index contributed by atoms with van der Waals surface area (Å²) < 4.78 is 0. The molecule has 1 aromatic rings. The molecule has 2 rings (SSSR count). The van der Waals surface area contributed by atoms with Crippen molar-refractivity contribution in [1.29, 1.82) is 0 Å². The van der Waals surface area contributed by atoms with E-state index >= 15 is 0 Å². The Morgan fingerprint density at radius 3 is 2.65 bits per heavy atom. The van der Waals surface area contributed by atoms with Gasteiger partial charge in [-0.05, 0) is 24.0 Å². The molecule has 0 radical (unpaired) electrons. The third-order valence-electron chi connectivity index (χ3n) is 3.43. The van der Waals surface area contributed by atoms with Gasteiger partial charge in [-0.15, -0.1) is 0 Å². The van der Waals surface area contributed by atoms with Crippen molar-refractivity contribution < 1.29 is 14.7 Å². The summed E-state index contributed by atoms with van der Waals surface area (Å²) in [6.07, 6.45) is 0.932. The first-order valence-electron chi connectivity index (χ1n) is 6.38. The molecule has 6 heteroatoms. The van der Waals surface area contributed by atoms with Crippen LogP contribution in [0.2, 0.25) is 5.02 Å². The summed E-state index contributed by atoms with van der Waals surface area (Å²) in [5, 5.41) is 11.9. The second kappa shape index (κ2) is 5.32. The van der Waals surface area contributed by atoms with E-state index in [1.54, 1.807) is 11.0 Å². The fourth-order valence-corrected chi connectivity index (χ4v) is 2.58. The number of hydrogen-bond donors (Lipinski definition) is 2. The average Bonchev–Trinajstić information content (AvgIpc) is 2.69. The quantitative estimate of drug-likeness (QED) is 0.879. The van der Waals surface area contributed by atoms with Crippen molar-refractivity contribution in [2.45, 2.75) is 20.3 Å². The first-order valence-corrected chi connectivity index (χ1v) is 6.76. The zero-order valence-corrected chi connectivity index (χ0v) is 12.2. The molecule has 0 saturated carbocycles. The van der Waals surface area contributed by atoms with Gasteiger partial charge >= 0.3 is 12.0 Å². The molecule has 1 saturated heterocycles. The van der Waals surface area contributed by atoms with E-state index in [0.29, 0.717) is 13.1 Å². The number of aromatic carboxylic acids is 1. The highest BCUT2D eigenvalue weighted by atomic mass is 35.5. The van der Waals surface area contributed by atoms with Crippen LogP contribution in [0.4, 0.5) is 10.5 Å². The van der Waals surface area contributed by atoms with Gasteiger partial charge in [-0.1, -0.05) is 31.5 Å². The number of likely N-dealkylation sites (tertiary alicyclic amines) is 1. The van der Waals surface area contributed by atoms with E-state index in [1.165, 1.54) is 12.1 Å². The molecule has 0 unspecified atom stereocenters. The highest BCUT2D eigenvalue weighted by Crippen LogP contribution is 2.30. The standard InChI is InChI=1S/C14H17ClN2O3/c1-14(2)6-7-17(8-14)13(20)16-10-5-3-4-9(15)11(10)12(18)19/h3-5H,6-8H2,1-2H3,(H,16,20)(H,18,19). The molecule has 0 spiro atoms. The molecule has 2 amide bonds. The van der Waals surface area contributed by atoms with Crippen molar-refractivity contribution in [3.8, 4) is 0 Å². The lowest BCUT2D eigenvalue weighted by atomic mass is 9.93. The summed E-state index contributed by atoms with van der Waals surface area (Å²) in [6.45, 7) is 5.52. The Labute approximate surface area is 122 Å². The first kappa shape index (κ1) is 14.7. The highest BCUT2D eigenvalue weighted by Gasteiger charge is 2.32. The molecule has 1 heterocycles. The summed E-state index contributed by atoms with van der Waals surface area (Å²) in [6, 6.07) is 4.34. The Morgan fingerprint density at radius 2 is 2.10 bits per heavy atom. The molecular formula is C14H17ClN2O3. The van der Waals surface area contributed by atoms with Crippen molar-refractivity contribution in [3.63, 3.8) is 0 Å². The molecule has 0 aliphatic carbocycles. The third-order valence-corrected chi connectivity index (χ3v) is 3.75. The monoisotopic (exact) mass is 296 g/mol. The Hall–Kier alpha value is -1.75. The summed E-state index contributed by atoms with van der Waals surface area (Å²) in [5.41, 5.74) is 0.238. The predicted octanol–water partition coefficient (Wildman–Crippen LogP) is 3.30. The van der Waals surface area contributed by atoms with Crippen LogP contribution < -0.4 is 5.32 Å². The van der Waals surface area contributed by atoms with Gasteiger partial charge in [-0.2, -0.15) is 0 Å². The van der Waals surface area contributed by atoms with Crippen LogP contribution in [0.1, 0.15) is 30.6 Å². The molecule has 1 aromatic carbocycles. The van der Waals surface area contributed by atoms with Gasteiger partial charge in [0.25, 0.3) is 0 Å². The molecule has 0 bridgehead atoms. The lowest BCUT2D eigenvalue weighted by Crippen LogP contribution is -2.34. The number of carboxylic acid groups (broad SMARTS) is 1. The molecule has 1 aliphatic rings. The number of anilines is 1. The Balaban J connectivity index is 2.17. The van der Waals surface area contributed by atoms with Crippen molar-refractivity contribution in [3.05, 3.63) is 28.8 Å². The summed E-state index contributed by atoms with van der Waals surface area (Å²) in [5.74, 6) is -1.16. The van der Waals surface area contributed by atoms with Crippen LogP contribution in [0.15, 0.2) is 18.2 Å². The first-order chi connectivity index (χ1) is 9.30. The number of rotatable bonds is 2. The summed E-state index contributed by atoms with van der Waals surface area (Å²) >= 11 is 5.87. The minimum Gasteiger partial charge on any atom is -0.478 e. The zero-order chi connectivity index (χ0) is 14.9. The van der Waals surface area contributed by atoms with E-state index in [1.807, 2.05) is 0 Å². The van der Waals surface area contributed by atoms with Crippen LogP contribution in [0, 0.1) is 5.41 Å². The molecule has 0 aromatic heterocycles. The van der Waals surface area contributed by atoms with E-state index < -0.39 is 5.97 Å². The maximum Gasteiger partial charge on any atom is 0.339 e. The number of urea groups is 1. The number of carbonyl (C=O) groups is 2. The van der Waals surface area contributed by atoms with Gasteiger partial charge in [0.05, 0.1) is 10.7 Å². The van der Waals surface area contributed by atoms with Gasteiger partial charge in [0.15, 0.2) is 0 Å². The van der Waals surface area contributed by atoms with E-state index in [-0.39, 0.29) is 27.7 Å². The third kappa shape index (κ3) is 3.04. The molecule has 1 fully saturated rings. The van der Waals surface area contributed by atoms with E-state index in [2.05, 4.69) is 19.2 Å². The SMILES string of the molecule is CC1(C)CCN(C(=O)Nc2cccc(Cl)c2C(=O)O)C1. The zero-order valence-electron chi connectivity index (χ0n) is 11.4. The summed E-state index contributed by atoms with van der Waals surface area (Å²) in [7, 11) is 0. The number of hydrogen-bond acceptors (Lipinski definition) is 2. The second-order valence-corrected chi connectivity index (χ2v) is 6.14. The lowest BCUT2D eigenvalue weighted by Gasteiger charge is -2.20. The second-order valence-electron chi connectivity index (χ2n) is 5.73. The predicted molar refractivity (Wildman–Crippen MR) is 77.4 cm³/mol. The van der Waals surface area contributed by atoms with E-state index in [4.69, 9.17) is 16.7 Å².